The highest BCUT2D eigenvalue weighted by Gasteiger charge is 2.18. The molecule has 0 fully saturated rings. The Labute approximate surface area is 103 Å². The van der Waals surface area contributed by atoms with E-state index in [4.69, 9.17) is 0 Å². The quantitative estimate of drug-likeness (QED) is 0.623. The smallest absolute Gasteiger partial charge is 0.225 e. The van der Waals surface area contributed by atoms with Gasteiger partial charge in [-0.1, -0.05) is 49.5 Å². The SMILES string of the molecule is CCCCN(CCBr)C(=O)C(C)CCC. The minimum atomic E-state index is 0.186. The van der Waals surface area contributed by atoms with Crippen molar-refractivity contribution in [1.82, 2.24) is 4.90 Å². The Morgan fingerprint density at radius 3 is 2.40 bits per heavy atom. The summed E-state index contributed by atoms with van der Waals surface area (Å²) < 4.78 is 0. The van der Waals surface area contributed by atoms with E-state index >= 15 is 0 Å². The topological polar surface area (TPSA) is 20.3 Å². The minimum Gasteiger partial charge on any atom is -0.342 e. The normalized spacial score (nSPS) is 12.5. The molecule has 0 radical (unpaired) electrons. The lowest BCUT2D eigenvalue weighted by atomic mass is 10.0. The Balaban J connectivity index is 4.13. The summed E-state index contributed by atoms with van der Waals surface area (Å²) >= 11 is 3.40. The van der Waals surface area contributed by atoms with Gasteiger partial charge in [0.15, 0.2) is 0 Å². The average molecular weight is 278 g/mol. The molecule has 0 aromatic carbocycles. The number of amides is 1. The summed E-state index contributed by atoms with van der Waals surface area (Å²) in [7, 11) is 0. The molecule has 3 heteroatoms. The number of alkyl halides is 1. The third kappa shape index (κ3) is 6.18. The zero-order valence-corrected chi connectivity index (χ0v) is 11.8. The lowest BCUT2D eigenvalue weighted by Crippen LogP contribution is -2.37. The van der Waals surface area contributed by atoms with Gasteiger partial charge in [0.25, 0.3) is 0 Å². The van der Waals surface area contributed by atoms with Crippen LogP contribution in [0.15, 0.2) is 0 Å². The molecule has 0 aromatic heterocycles. The summed E-state index contributed by atoms with van der Waals surface area (Å²) in [6.07, 6.45) is 4.35. The van der Waals surface area contributed by atoms with Gasteiger partial charge in [-0.3, -0.25) is 4.79 Å². The zero-order chi connectivity index (χ0) is 11.7. The lowest BCUT2D eigenvalue weighted by Gasteiger charge is -2.24. The molecular formula is C12H24BrNO. The van der Waals surface area contributed by atoms with Crippen molar-refractivity contribution in [3.8, 4) is 0 Å². The van der Waals surface area contributed by atoms with Crippen molar-refractivity contribution in [3.63, 3.8) is 0 Å². The van der Waals surface area contributed by atoms with E-state index in [1.807, 2.05) is 11.8 Å². The first-order chi connectivity index (χ1) is 7.17. The summed E-state index contributed by atoms with van der Waals surface area (Å²) in [5.74, 6) is 0.510. The molecule has 0 aromatic rings. The minimum absolute atomic E-state index is 0.186. The molecule has 0 saturated heterocycles. The maximum absolute atomic E-state index is 12.0. The van der Waals surface area contributed by atoms with Gasteiger partial charge in [0.05, 0.1) is 0 Å². The summed E-state index contributed by atoms with van der Waals surface area (Å²) in [4.78, 5) is 14.0. The molecule has 2 nitrogen and oxygen atoms in total. The van der Waals surface area contributed by atoms with Crippen LogP contribution in [0.1, 0.15) is 46.5 Å². The van der Waals surface area contributed by atoms with Gasteiger partial charge in [0.2, 0.25) is 5.91 Å². The molecule has 0 aliphatic rings. The van der Waals surface area contributed by atoms with Crippen LogP contribution in [0.25, 0.3) is 0 Å². The first-order valence-electron chi connectivity index (χ1n) is 6.02. The van der Waals surface area contributed by atoms with Crippen molar-refractivity contribution in [1.29, 1.82) is 0 Å². The van der Waals surface area contributed by atoms with Crippen molar-refractivity contribution in [3.05, 3.63) is 0 Å². The standard InChI is InChI=1S/C12H24BrNO/c1-4-6-9-14(10-8-13)12(15)11(3)7-5-2/h11H,4-10H2,1-3H3. The number of carbonyl (C=O) groups is 1. The highest BCUT2D eigenvalue weighted by Crippen LogP contribution is 2.10. The molecule has 1 atom stereocenters. The second-order valence-electron chi connectivity index (χ2n) is 4.06. The molecule has 1 unspecified atom stereocenters. The fourth-order valence-corrected chi connectivity index (χ4v) is 2.08. The number of nitrogens with zero attached hydrogens (tertiary/aromatic N) is 1. The molecule has 0 aliphatic heterocycles. The second kappa shape index (κ2) is 9.20. The number of unbranched alkanes of at least 4 members (excludes halogenated alkanes) is 1. The van der Waals surface area contributed by atoms with Crippen LogP contribution in [0.5, 0.6) is 0 Å². The number of hydrogen-bond acceptors (Lipinski definition) is 1. The average Bonchev–Trinajstić information content (AvgIpc) is 2.23. The van der Waals surface area contributed by atoms with E-state index < -0.39 is 0 Å². The van der Waals surface area contributed by atoms with Gasteiger partial charge in [-0.05, 0) is 12.8 Å². The molecule has 0 bridgehead atoms. The van der Waals surface area contributed by atoms with Gasteiger partial charge in [0.1, 0.15) is 0 Å². The van der Waals surface area contributed by atoms with E-state index in [1.54, 1.807) is 0 Å². The van der Waals surface area contributed by atoms with Gasteiger partial charge in [-0.15, -0.1) is 0 Å². The van der Waals surface area contributed by atoms with Crippen molar-refractivity contribution in [2.75, 3.05) is 18.4 Å². The third-order valence-corrected chi connectivity index (χ3v) is 2.95. The fraction of sp³-hybridized carbons (Fsp3) is 0.917. The molecule has 0 saturated carbocycles. The van der Waals surface area contributed by atoms with Gasteiger partial charge >= 0.3 is 0 Å². The molecule has 0 rings (SSSR count). The van der Waals surface area contributed by atoms with Crippen LogP contribution in [0, 0.1) is 5.92 Å². The van der Waals surface area contributed by atoms with Crippen LogP contribution in [0.3, 0.4) is 0 Å². The monoisotopic (exact) mass is 277 g/mol. The van der Waals surface area contributed by atoms with Crippen molar-refractivity contribution in [2.24, 2.45) is 5.92 Å². The molecule has 0 spiro atoms. The molecule has 0 aliphatic carbocycles. The maximum atomic E-state index is 12.0. The zero-order valence-electron chi connectivity index (χ0n) is 10.3. The Kier molecular flexibility index (Phi) is 9.17. The molecule has 15 heavy (non-hydrogen) atoms. The van der Waals surface area contributed by atoms with Gasteiger partial charge in [-0.2, -0.15) is 0 Å². The Morgan fingerprint density at radius 2 is 1.93 bits per heavy atom. The highest BCUT2D eigenvalue weighted by molar-refractivity contribution is 9.09. The first kappa shape index (κ1) is 14.9. The van der Waals surface area contributed by atoms with E-state index in [0.29, 0.717) is 5.91 Å². The third-order valence-electron chi connectivity index (χ3n) is 2.59. The summed E-state index contributed by atoms with van der Waals surface area (Å²) in [6.45, 7) is 8.08. The van der Waals surface area contributed by atoms with E-state index in [9.17, 15) is 4.79 Å². The molecular weight excluding hydrogens is 254 g/mol. The predicted molar refractivity (Wildman–Crippen MR) is 69.4 cm³/mol. The van der Waals surface area contributed by atoms with E-state index in [2.05, 4.69) is 29.8 Å². The Hall–Kier alpha value is -0.0500. The molecule has 0 heterocycles. The van der Waals surface area contributed by atoms with Gasteiger partial charge in [0, 0.05) is 24.3 Å². The number of hydrogen-bond donors (Lipinski definition) is 0. The summed E-state index contributed by atoms with van der Waals surface area (Å²) in [6, 6.07) is 0. The second-order valence-corrected chi connectivity index (χ2v) is 4.85. The van der Waals surface area contributed by atoms with Crippen LogP contribution < -0.4 is 0 Å². The Morgan fingerprint density at radius 1 is 1.27 bits per heavy atom. The highest BCUT2D eigenvalue weighted by atomic mass is 79.9. The summed E-state index contributed by atoms with van der Waals surface area (Å²) in [5, 5.41) is 0.876. The van der Waals surface area contributed by atoms with Gasteiger partial charge < -0.3 is 4.90 Å². The maximum Gasteiger partial charge on any atom is 0.225 e. The molecule has 90 valence electrons. The van der Waals surface area contributed by atoms with Crippen molar-refractivity contribution in [2.45, 2.75) is 46.5 Å². The number of carbonyl (C=O) groups excluding carboxylic acids is 1. The number of halogens is 1. The van der Waals surface area contributed by atoms with E-state index in [-0.39, 0.29) is 5.92 Å². The fourth-order valence-electron chi connectivity index (χ4n) is 1.65. The lowest BCUT2D eigenvalue weighted by molar-refractivity contribution is -0.135. The molecule has 1 amide bonds. The van der Waals surface area contributed by atoms with E-state index in [1.165, 1.54) is 0 Å². The van der Waals surface area contributed by atoms with Crippen molar-refractivity contribution >= 4 is 21.8 Å². The predicted octanol–water partition coefficient (Wildman–Crippen LogP) is 3.45. The van der Waals surface area contributed by atoms with E-state index in [0.717, 1.165) is 44.1 Å². The van der Waals surface area contributed by atoms with Crippen LogP contribution in [-0.4, -0.2) is 29.2 Å². The van der Waals surface area contributed by atoms with Crippen LogP contribution in [-0.2, 0) is 4.79 Å². The van der Waals surface area contributed by atoms with Crippen LogP contribution in [0.2, 0.25) is 0 Å². The number of rotatable bonds is 8. The Bertz CT molecular complexity index is 173. The largest absolute Gasteiger partial charge is 0.342 e. The van der Waals surface area contributed by atoms with Crippen molar-refractivity contribution < 1.29 is 4.79 Å². The molecule has 0 N–H and O–H groups in total. The first-order valence-corrected chi connectivity index (χ1v) is 7.14. The summed E-state index contributed by atoms with van der Waals surface area (Å²) in [5.41, 5.74) is 0. The van der Waals surface area contributed by atoms with Crippen LogP contribution >= 0.6 is 15.9 Å². The van der Waals surface area contributed by atoms with Crippen LogP contribution in [0.4, 0.5) is 0 Å². The van der Waals surface area contributed by atoms with Gasteiger partial charge in [-0.25, -0.2) is 0 Å².